The molecule has 1 saturated carbocycles. The first-order valence-corrected chi connectivity index (χ1v) is 10.4. The number of hydrogen-bond donors (Lipinski definition) is 1. The predicted octanol–water partition coefficient (Wildman–Crippen LogP) is 1.84. The van der Waals surface area contributed by atoms with Crippen molar-refractivity contribution in [2.24, 2.45) is 5.92 Å². The third-order valence-corrected chi connectivity index (χ3v) is 6.66. The van der Waals surface area contributed by atoms with Gasteiger partial charge in [-0.2, -0.15) is 0 Å². The van der Waals surface area contributed by atoms with Gasteiger partial charge in [0.15, 0.2) is 9.84 Å². The average molecular weight is 345 g/mol. The van der Waals surface area contributed by atoms with Gasteiger partial charge in [-0.1, -0.05) is 32.6 Å². The monoisotopic (exact) mass is 345 g/mol. The Labute approximate surface area is 138 Å². The molecule has 1 saturated heterocycles. The number of unbranched alkanes of at least 4 members (excludes halogenated alkanes) is 2. The molecule has 0 aromatic carbocycles. The van der Waals surface area contributed by atoms with Gasteiger partial charge < -0.3 is 10.0 Å². The number of carbonyl (C=O) groups excluding carboxylic acids is 1. The zero-order chi connectivity index (χ0) is 17.0. The van der Waals surface area contributed by atoms with E-state index >= 15 is 0 Å². The molecule has 3 atom stereocenters. The number of aliphatic carboxylic acids is 1. The second kappa shape index (κ2) is 7.64. The number of likely N-dealkylation sites (tertiary alicyclic amines) is 1. The molecule has 7 heteroatoms. The molecule has 1 N–H and O–H groups in total. The van der Waals surface area contributed by atoms with E-state index in [1.807, 2.05) is 6.92 Å². The van der Waals surface area contributed by atoms with E-state index in [1.165, 1.54) is 4.90 Å². The average Bonchev–Trinajstić information content (AvgIpc) is 2.86. The SMILES string of the molecule is CCCCCS(=O)(=O)CC(=O)N1C(C(=O)O)CC2CCCCC21. The molecule has 132 valence electrons. The summed E-state index contributed by atoms with van der Waals surface area (Å²) in [6.45, 7) is 1.99. The van der Waals surface area contributed by atoms with Crippen molar-refractivity contribution < 1.29 is 23.1 Å². The number of carbonyl (C=O) groups is 2. The third kappa shape index (κ3) is 4.46. The number of amides is 1. The van der Waals surface area contributed by atoms with Gasteiger partial charge >= 0.3 is 5.97 Å². The van der Waals surface area contributed by atoms with Gasteiger partial charge in [0, 0.05) is 6.04 Å². The van der Waals surface area contributed by atoms with Crippen LogP contribution in [-0.4, -0.2) is 53.9 Å². The van der Waals surface area contributed by atoms with Gasteiger partial charge in [-0.15, -0.1) is 0 Å². The van der Waals surface area contributed by atoms with Gasteiger partial charge in [-0.3, -0.25) is 4.79 Å². The first kappa shape index (κ1) is 18.2. The Bertz CT molecular complexity index is 545. The maximum Gasteiger partial charge on any atom is 0.326 e. The molecule has 1 aliphatic heterocycles. The molecule has 0 bridgehead atoms. The molecule has 0 spiro atoms. The summed E-state index contributed by atoms with van der Waals surface area (Å²) in [5.74, 6) is -1.88. The molecule has 3 unspecified atom stereocenters. The van der Waals surface area contributed by atoms with Crippen LogP contribution in [0.3, 0.4) is 0 Å². The minimum Gasteiger partial charge on any atom is -0.480 e. The first-order valence-electron chi connectivity index (χ1n) is 8.60. The summed E-state index contributed by atoms with van der Waals surface area (Å²) in [5, 5.41) is 9.41. The number of fused-ring (bicyclic) bond motifs is 1. The van der Waals surface area contributed by atoms with Crippen molar-refractivity contribution in [3.63, 3.8) is 0 Å². The van der Waals surface area contributed by atoms with Gasteiger partial charge in [-0.05, 0) is 31.6 Å². The Morgan fingerprint density at radius 3 is 2.52 bits per heavy atom. The molecule has 6 nitrogen and oxygen atoms in total. The summed E-state index contributed by atoms with van der Waals surface area (Å²) in [6.07, 6.45) is 6.51. The maximum atomic E-state index is 12.5. The molecule has 1 amide bonds. The zero-order valence-electron chi connectivity index (χ0n) is 13.7. The fourth-order valence-corrected chi connectivity index (χ4v) is 5.26. The fraction of sp³-hybridized carbons (Fsp3) is 0.875. The number of sulfone groups is 1. The lowest BCUT2D eigenvalue weighted by molar-refractivity contribution is -0.148. The standard InChI is InChI=1S/C16H27NO5S/c1-2-3-6-9-23(21,22)11-15(18)17-13-8-5-4-7-12(13)10-14(17)16(19)20/h12-14H,2-11H2,1H3,(H,19,20). The summed E-state index contributed by atoms with van der Waals surface area (Å²) in [5.41, 5.74) is 0. The number of nitrogens with zero attached hydrogens (tertiary/aromatic N) is 1. The number of rotatable bonds is 7. The molecule has 1 aliphatic carbocycles. The van der Waals surface area contributed by atoms with Crippen LogP contribution in [0.5, 0.6) is 0 Å². The smallest absolute Gasteiger partial charge is 0.326 e. The summed E-state index contributed by atoms with van der Waals surface area (Å²) in [7, 11) is -3.46. The minimum atomic E-state index is -3.46. The van der Waals surface area contributed by atoms with Crippen LogP contribution in [0.2, 0.25) is 0 Å². The van der Waals surface area contributed by atoms with Crippen LogP contribution in [0.25, 0.3) is 0 Å². The van der Waals surface area contributed by atoms with E-state index < -0.39 is 33.5 Å². The summed E-state index contributed by atoms with van der Waals surface area (Å²) in [4.78, 5) is 25.4. The Morgan fingerprint density at radius 2 is 1.87 bits per heavy atom. The minimum absolute atomic E-state index is 0.00620. The lowest BCUT2D eigenvalue weighted by Gasteiger charge is -2.33. The number of carboxylic acids is 1. The Balaban J connectivity index is 2.07. The van der Waals surface area contributed by atoms with Crippen molar-refractivity contribution in [2.75, 3.05) is 11.5 Å². The lowest BCUT2D eigenvalue weighted by atomic mass is 9.85. The van der Waals surface area contributed by atoms with Crippen molar-refractivity contribution in [1.82, 2.24) is 4.90 Å². The van der Waals surface area contributed by atoms with Crippen LogP contribution in [0.15, 0.2) is 0 Å². The van der Waals surface area contributed by atoms with E-state index in [1.54, 1.807) is 0 Å². The van der Waals surface area contributed by atoms with E-state index in [-0.39, 0.29) is 17.7 Å². The Kier molecular flexibility index (Phi) is 6.06. The molecular weight excluding hydrogens is 318 g/mol. The van der Waals surface area contributed by atoms with E-state index in [0.29, 0.717) is 12.8 Å². The molecule has 1 heterocycles. The van der Waals surface area contributed by atoms with Crippen LogP contribution < -0.4 is 0 Å². The van der Waals surface area contributed by atoms with Crippen molar-refractivity contribution >= 4 is 21.7 Å². The maximum absolute atomic E-state index is 12.5. The van der Waals surface area contributed by atoms with E-state index in [2.05, 4.69) is 0 Å². The highest BCUT2D eigenvalue weighted by molar-refractivity contribution is 7.92. The highest BCUT2D eigenvalue weighted by Crippen LogP contribution is 2.39. The Hall–Kier alpha value is -1.11. The van der Waals surface area contributed by atoms with Crippen LogP contribution in [0.1, 0.15) is 58.3 Å². The van der Waals surface area contributed by atoms with E-state index in [4.69, 9.17) is 0 Å². The van der Waals surface area contributed by atoms with Gasteiger partial charge in [0.05, 0.1) is 5.75 Å². The summed E-state index contributed by atoms with van der Waals surface area (Å²) >= 11 is 0. The second-order valence-corrected chi connectivity index (χ2v) is 8.99. The van der Waals surface area contributed by atoms with Crippen molar-refractivity contribution in [3.05, 3.63) is 0 Å². The van der Waals surface area contributed by atoms with Crippen LogP contribution >= 0.6 is 0 Å². The quantitative estimate of drug-likeness (QED) is 0.711. The normalized spacial score (nSPS) is 27.7. The Morgan fingerprint density at radius 1 is 1.17 bits per heavy atom. The highest BCUT2D eigenvalue weighted by Gasteiger charge is 2.47. The molecule has 0 radical (unpaired) electrons. The van der Waals surface area contributed by atoms with Crippen molar-refractivity contribution in [1.29, 1.82) is 0 Å². The molecule has 0 aromatic heterocycles. The van der Waals surface area contributed by atoms with Crippen LogP contribution in [0.4, 0.5) is 0 Å². The molecule has 23 heavy (non-hydrogen) atoms. The van der Waals surface area contributed by atoms with Gasteiger partial charge in [-0.25, -0.2) is 13.2 Å². The third-order valence-electron chi connectivity index (χ3n) is 5.06. The van der Waals surface area contributed by atoms with E-state index in [0.717, 1.165) is 38.5 Å². The zero-order valence-corrected chi connectivity index (χ0v) is 14.6. The summed E-state index contributed by atoms with van der Waals surface area (Å²) < 4.78 is 24.2. The number of carboxylic acid groups (broad SMARTS) is 1. The molecular formula is C16H27NO5S. The first-order chi connectivity index (χ1) is 10.9. The number of hydrogen-bond acceptors (Lipinski definition) is 4. The predicted molar refractivity (Wildman–Crippen MR) is 86.8 cm³/mol. The molecule has 0 aromatic rings. The fourth-order valence-electron chi connectivity index (χ4n) is 3.95. The van der Waals surface area contributed by atoms with Crippen molar-refractivity contribution in [2.45, 2.75) is 70.4 Å². The van der Waals surface area contributed by atoms with Crippen LogP contribution in [-0.2, 0) is 19.4 Å². The largest absolute Gasteiger partial charge is 0.480 e. The molecule has 2 rings (SSSR count). The second-order valence-electron chi connectivity index (χ2n) is 6.80. The lowest BCUT2D eigenvalue weighted by Crippen LogP contribution is -2.48. The van der Waals surface area contributed by atoms with Crippen LogP contribution in [0, 0.1) is 5.92 Å². The summed E-state index contributed by atoms with van der Waals surface area (Å²) in [6, 6.07) is -0.954. The van der Waals surface area contributed by atoms with Crippen molar-refractivity contribution in [3.8, 4) is 0 Å². The highest BCUT2D eigenvalue weighted by atomic mass is 32.2. The van der Waals surface area contributed by atoms with E-state index in [9.17, 15) is 23.1 Å². The van der Waals surface area contributed by atoms with Gasteiger partial charge in [0.2, 0.25) is 5.91 Å². The molecule has 2 aliphatic rings. The topological polar surface area (TPSA) is 91.8 Å². The van der Waals surface area contributed by atoms with Gasteiger partial charge in [0.25, 0.3) is 0 Å². The molecule has 2 fully saturated rings. The van der Waals surface area contributed by atoms with Gasteiger partial charge in [0.1, 0.15) is 11.8 Å².